The van der Waals surface area contributed by atoms with E-state index >= 15 is 0 Å². The van der Waals surface area contributed by atoms with Crippen LogP contribution in [0.3, 0.4) is 0 Å². The Bertz CT molecular complexity index is 505. The van der Waals surface area contributed by atoms with Crippen LogP contribution >= 0.6 is 0 Å². The summed E-state index contributed by atoms with van der Waals surface area (Å²) in [6.07, 6.45) is -0.491. The number of piperazine rings is 1. The van der Waals surface area contributed by atoms with Crippen LogP contribution < -0.4 is 24.0 Å². The number of hydrogen-bond donors (Lipinski definition) is 4. The topological polar surface area (TPSA) is 77.0 Å². The van der Waals surface area contributed by atoms with Gasteiger partial charge in [-0.25, -0.2) is 0 Å². The average Bonchev–Trinajstić information content (AvgIpc) is 3.03. The Morgan fingerprint density at radius 3 is 2.61 bits per heavy atom. The van der Waals surface area contributed by atoms with E-state index in [2.05, 4.69) is 0 Å². The third-order valence-electron chi connectivity index (χ3n) is 4.44. The number of rotatable bonds is 7. The largest absolute Gasteiger partial charge is 0.491 e. The average molecular weight is 326 g/mol. The lowest BCUT2D eigenvalue weighted by Gasteiger charge is -2.30. The predicted molar refractivity (Wildman–Crippen MR) is 82.3 cm³/mol. The van der Waals surface area contributed by atoms with Crippen molar-refractivity contribution in [2.75, 3.05) is 59.3 Å². The molecule has 3 rings (SSSR count). The van der Waals surface area contributed by atoms with Crippen LogP contribution in [-0.2, 0) is 0 Å². The molecule has 1 aromatic carbocycles. The molecule has 0 bridgehead atoms. The van der Waals surface area contributed by atoms with E-state index in [4.69, 9.17) is 19.3 Å². The zero-order valence-electron chi connectivity index (χ0n) is 13.3. The Balaban J connectivity index is 1.39. The molecule has 0 aromatic heterocycles. The third kappa shape index (κ3) is 4.48. The summed E-state index contributed by atoms with van der Waals surface area (Å²) in [5.41, 5.74) is 0. The highest BCUT2D eigenvalue weighted by molar-refractivity contribution is 5.46. The van der Waals surface area contributed by atoms with Crippen LogP contribution in [0.25, 0.3) is 0 Å². The van der Waals surface area contributed by atoms with Gasteiger partial charge in [-0.3, -0.25) is 0 Å². The van der Waals surface area contributed by atoms with E-state index in [9.17, 15) is 5.11 Å². The Morgan fingerprint density at radius 1 is 1.09 bits per heavy atom. The molecule has 1 saturated heterocycles. The van der Waals surface area contributed by atoms with Crippen LogP contribution in [0, 0.1) is 0 Å². The molecule has 128 valence electrons. The van der Waals surface area contributed by atoms with E-state index < -0.39 is 6.10 Å². The van der Waals surface area contributed by atoms with Crippen molar-refractivity contribution in [2.24, 2.45) is 0 Å². The zero-order chi connectivity index (χ0) is 16.1. The number of aliphatic hydroxyl groups is 2. The molecule has 2 aliphatic heterocycles. The maximum Gasteiger partial charge on any atom is 0.231 e. The molecule has 0 aliphatic carbocycles. The quantitative estimate of drug-likeness (QED) is 0.428. The Kier molecular flexibility index (Phi) is 5.56. The maximum absolute atomic E-state index is 10.2. The van der Waals surface area contributed by atoms with Crippen molar-refractivity contribution in [3.8, 4) is 17.2 Å². The van der Waals surface area contributed by atoms with E-state index in [0.29, 0.717) is 18.0 Å². The highest BCUT2D eigenvalue weighted by atomic mass is 16.7. The minimum absolute atomic E-state index is 0.245. The highest BCUT2D eigenvalue weighted by Crippen LogP contribution is 2.35. The Morgan fingerprint density at radius 2 is 1.83 bits per heavy atom. The first kappa shape index (κ1) is 16.3. The van der Waals surface area contributed by atoms with Gasteiger partial charge in [-0.05, 0) is 12.1 Å². The number of fused-ring (bicyclic) bond motifs is 1. The minimum atomic E-state index is -0.491. The fraction of sp³-hybridized carbons (Fsp3) is 0.625. The number of ether oxygens (including phenoxy) is 3. The summed E-state index contributed by atoms with van der Waals surface area (Å²) in [4.78, 5) is 2.84. The fourth-order valence-corrected chi connectivity index (χ4v) is 3.12. The maximum atomic E-state index is 10.2. The summed E-state index contributed by atoms with van der Waals surface area (Å²) in [5.74, 6) is 2.09. The Hall–Kier alpha value is -1.54. The van der Waals surface area contributed by atoms with Gasteiger partial charge in [-0.2, -0.15) is 0 Å². The van der Waals surface area contributed by atoms with E-state index in [-0.39, 0.29) is 20.0 Å². The molecule has 4 N–H and O–H groups in total. The molecule has 0 amide bonds. The number of benzene rings is 1. The monoisotopic (exact) mass is 326 g/mol. The number of quaternary nitrogens is 2. The van der Waals surface area contributed by atoms with Crippen LogP contribution in [0.15, 0.2) is 18.2 Å². The molecule has 23 heavy (non-hydrogen) atoms. The molecule has 7 nitrogen and oxygen atoms in total. The lowest BCUT2D eigenvalue weighted by atomic mass is 10.2. The normalized spacial score (nSPS) is 24.4. The van der Waals surface area contributed by atoms with Gasteiger partial charge in [0, 0.05) is 6.07 Å². The van der Waals surface area contributed by atoms with Crippen LogP contribution in [0.5, 0.6) is 17.2 Å². The van der Waals surface area contributed by atoms with Crippen LogP contribution in [0.1, 0.15) is 0 Å². The molecule has 7 heteroatoms. The van der Waals surface area contributed by atoms with E-state index in [1.165, 1.54) is 9.80 Å². The van der Waals surface area contributed by atoms with Crippen molar-refractivity contribution in [2.45, 2.75) is 6.10 Å². The molecular formula is C16H26N2O5+2. The molecule has 1 aromatic rings. The molecule has 0 unspecified atom stereocenters. The first-order valence-corrected chi connectivity index (χ1v) is 8.23. The van der Waals surface area contributed by atoms with Crippen LogP contribution in [0.2, 0.25) is 0 Å². The minimum Gasteiger partial charge on any atom is -0.491 e. The van der Waals surface area contributed by atoms with Gasteiger partial charge in [-0.15, -0.1) is 0 Å². The lowest BCUT2D eigenvalue weighted by molar-refractivity contribution is -1.01. The number of nitrogens with one attached hydrogen (secondary N) is 2. The van der Waals surface area contributed by atoms with Gasteiger partial charge in [0.05, 0.1) is 6.61 Å². The van der Waals surface area contributed by atoms with Crippen molar-refractivity contribution in [1.29, 1.82) is 0 Å². The summed E-state index contributed by atoms with van der Waals surface area (Å²) in [6, 6.07) is 5.43. The van der Waals surface area contributed by atoms with E-state index in [0.717, 1.165) is 38.5 Å². The smallest absolute Gasteiger partial charge is 0.231 e. The molecule has 1 atom stereocenters. The van der Waals surface area contributed by atoms with Crippen LogP contribution in [-0.4, -0.2) is 75.6 Å². The first-order chi connectivity index (χ1) is 11.2. The number of hydrogen-bond acceptors (Lipinski definition) is 5. The van der Waals surface area contributed by atoms with E-state index in [1.54, 1.807) is 6.07 Å². The second-order valence-electron chi connectivity index (χ2n) is 6.16. The van der Waals surface area contributed by atoms with Gasteiger partial charge in [0.2, 0.25) is 6.79 Å². The molecular weight excluding hydrogens is 300 g/mol. The highest BCUT2D eigenvalue weighted by Gasteiger charge is 2.24. The second kappa shape index (κ2) is 7.83. The molecule has 0 spiro atoms. The van der Waals surface area contributed by atoms with Crippen molar-refractivity contribution in [3.63, 3.8) is 0 Å². The fourth-order valence-electron chi connectivity index (χ4n) is 3.12. The molecule has 0 saturated carbocycles. The van der Waals surface area contributed by atoms with Gasteiger partial charge < -0.3 is 34.2 Å². The second-order valence-corrected chi connectivity index (χ2v) is 6.16. The summed E-state index contributed by atoms with van der Waals surface area (Å²) >= 11 is 0. The SMILES string of the molecule is OCC[NH+]1CC[NH+](C[C@H](O)COc2ccc3c(c2)OCO3)CC1. The van der Waals surface area contributed by atoms with Crippen molar-refractivity contribution < 1.29 is 34.2 Å². The van der Waals surface area contributed by atoms with Gasteiger partial charge >= 0.3 is 0 Å². The van der Waals surface area contributed by atoms with Crippen molar-refractivity contribution in [3.05, 3.63) is 18.2 Å². The molecule has 2 heterocycles. The molecule has 1 fully saturated rings. The third-order valence-corrected chi connectivity index (χ3v) is 4.44. The van der Waals surface area contributed by atoms with Crippen LogP contribution in [0.4, 0.5) is 0 Å². The molecule has 0 radical (unpaired) electrons. The number of aliphatic hydroxyl groups excluding tert-OH is 2. The summed E-state index contributed by atoms with van der Waals surface area (Å²) < 4.78 is 16.2. The predicted octanol–water partition coefficient (Wildman–Crippen LogP) is -3.07. The summed E-state index contributed by atoms with van der Waals surface area (Å²) in [5, 5.41) is 19.1. The standard InChI is InChI=1S/C16H24N2O5/c19-8-7-17-3-5-18(6-4-17)10-13(20)11-21-14-1-2-15-16(9-14)23-12-22-15/h1-2,9,13,19-20H,3-8,10-12H2/p+2/t13-/m0/s1. The lowest BCUT2D eigenvalue weighted by Crippen LogP contribution is -3.28. The summed E-state index contributed by atoms with van der Waals surface area (Å²) in [7, 11) is 0. The van der Waals surface area contributed by atoms with Gasteiger partial charge in [0.15, 0.2) is 11.5 Å². The Labute approximate surface area is 136 Å². The van der Waals surface area contributed by atoms with Gasteiger partial charge in [0.1, 0.15) is 57.7 Å². The van der Waals surface area contributed by atoms with Crippen molar-refractivity contribution >= 4 is 0 Å². The first-order valence-electron chi connectivity index (χ1n) is 8.23. The van der Waals surface area contributed by atoms with E-state index in [1.807, 2.05) is 12.1 Å². The molecule has 2 aliphatic rings. The zero-order valence-corrected chi connectivity index (χ0v) is 13.3. The van der Waals surface area contributed by atoms with Gasteiger partial charge in [-0.1, -0.05) is 0 Å². The summed E-state index contributed by atoms with van der Waals surface area (Å²) in [6.45, 7) is 6.42. The van der Waals surface area contributed by atoms with Gasteiger partial charge in [0.25, 0.3) is 0 Å². The van der Waals surface area contributed by atoms with Crippen molar-refractivity contribution in [1.82, 2.24) is 0 Å².